The lowest BCUT2D eigenvalue weighted by atomic mass is 9.97. The Morgan fingerprint density at radius 2 is 1.62 bits per heavy atom. The molecule has 0 heterocycles. The average Bonchev–Trinajstić information content (AvgIpc) is 2.40. The van der Waals surface area contributed by atoms with Gasteiger partial charge < -0.3 is 5.32 Å². The summed E-state index contributed by atoms with van der Waals surface area (Å²) in [6, 6.07) is 7.86. The maximum atomic E-state index is 13.9. The Morgan fingerprint density at radius 1 is 1.05 bits per heavy atom. The van der Waals surface area contributed by atoms with Gasteiger partial charge in [0.15, 0.2) is 0 Å². The average molecular weight is 314 g/mol. The van der Waals surface area contributed by atoms with E-state index in [0.29, 0.717) is 30.1 Å². The molecule has 1 atom stereocenters. The summed E-state index contributed by atoms with van der Waals surface area (Å²) >= 11 is 5.82. The summed E-state index contributed by atoms with van der Waals surface area (Å²) in [5.41, 5.74) is 0.738. The van der Waals surface area contributed by atoms with Crippen LogP contribution in [0.25, 0.3) is 0 Å². The number of benzene rings is 2. The minimum absolute atomic E-state index is 0.145. The summed E-state index contributed by atoms with van der Waals surface area (Å²) in [6.07, 6.45) is 0.379. The molecule has 1 nitrogen and oxygen atoms in total. The molecule has 21 heavy (non-hydrogen) atoms. The standard InChI is InChI=1S/C16H15ClF3N/c1-2-21-15(7-10-3-5-11(17)6-4-10)16-13(19)8-12(18)9-14(16)20/h3-6,8-9,15,21H,2,7H2,1H3. The third kappa shape index (κ3) is 3.99. The topological polar surface area (TPSA) is 12.0 Å². The van der Waals surface area contributed by atoms with Crippen LogP contribution < -0.4 is 5.32 Å². The molecule has 0 aliphatic carbocycles. The highest BCUT2D eigenvalue weighted by Gasteiger charge is 2.21. The second-order valence-electron chi connectivity index (χ2n) is 4.72. The zero-order valence-corrected chi connectivity index (χ0v) is 12.2. The maximum Gasteiger partial charge on any atom is 0.133 e. The van der Waals surface area contributed by atoms with Gasteiger partial charge in [-0.15, -0.1) is 0 Å². The molecule has 0 saturated heterocycles. The molecule has 0 aliphatic heterocycles. The van der Waals surface area contributed by atoms with Crippen LogP contribution in [0.3, 0.4) is 0 Å². The summed E-state index contributed by atoms with van der Waals surface area (Å²) in [5, 5.41) is 3.62. The first-order valence-corrected chi connectivity index (χ1v) is 7.01. The molecular weight excluding hydrogens is 299 g/mol. The molecule has 2 aromatic carbocycles. The summed E-state index contributed by atoms with van der Waals surface area (Å²) in [7, 11) is 0. The van der Waals surface area contributed by atoms with Gasteiger partial charge in [0, 0.05) is 28.8 Å². The molecule has 2 rings (SSSR count). The van der Waals surface area contributed by atoms with E-state index in [2.05, 4.69) is 5.32 Å². The molecule has 112 valence electrons. The van der Waals surface area contributed by atoms with Gasteiger partial charge in [0.2, 0.25) is 0 Å². The summed E-state index contributed by atoms with van der Waals surface area (Å²) in [6.45, 7) is 2.38. The van der Waals surface area contributed by atoms with Crippen LogP contribution in [0, 0.1) is 17.5 Å². The molecule has 0 saturated carbocycles. The lowest BCUT2D eigenvalue weighted by Crippen LogP contribution is -2.25. The van der Waals surface area contributed by atoms with Crippen molar-refractivity contribution in [1.29, 1.82) is 0 Å². The first kappa shape index (κ1) is 15.9. The number of hydrogen-bond acceptors (Lipinski definition) is 1. The smallest absolute Gasteiger partial charge is 0.133 e. The van der Waals surface area contributed by atoms with E-state index in [1.807, 2.05) is 6.92 Å². The number of rotatable bonds is 5. The van der Waals surface area contributed by atoms with E-state index in [0.717, 1.165) is 5.56 Å². The first-order valence-electron chi connectivity index (χ1n) is 6.63. The van der Waals surface area contributed by atoms with Crippen molar-refractivity contribution >= 4 is 11.6 Å². The fourth-order valence-corrected chi connectivity index (χ4v) is 2.39. The van der Waals surface area contributed by atoms with Crippen LogP contribution in [-0.4, -0.2) is 6.54 Å². The first-order chi connectivity index (χ1) is 10.0. The van der Waals surface area contributed by atoms with Gasteiger partial charge in [0.25, 0.3) is 0 Å². The van der Waals surface area contributed by atoms with Gasteiger partial charge in [-0.3, -0.25) is 0 Å². The van der Waals surface area contributed by atoms with Crippen LogP contribution in [0.5, 0.6) is 0 Å². The molecule has 0 aromatic heterocycles. The minimum atomic E-state index is -0.921. The molecule has 1 unspecified atom stereocenters. The maximum absolute atomic E-state index is 13.9. The van der Waals surface area contributed by atoms with Crippen molar-refractivity contribution in [1.82, 2.24) is 5.32 Å². The molecule has 0 aliphatic rings. The van der Waals surface area contributed by atoms with Crippen molar-refractivity contribution in [3.05, 3.63) is 70.0 Å². The van der Waals surface area contributed by atoms with Gasteiger partial charge in [-0.05, 0) is 30.7 Å². The minimum Gasteiger partial charge on any atom is -0.310 e. The lowest BCUT2D eigenvalue weighted by molar-refractivity contribution is 0.462. The molecule has 0 fully saturated rings. The summed E-state index contributed by atoms with van der Waals surface area (Å²) < 4.78 is 40.8. The fourth-order valence-electron chi connectivity index (χ4n) is 2.27. The van der Waals surface area contributed by atoms with E-state index < -0.39 is 23.5 Å². The van der Waals surface area contributed by atoms with Gasteiger partial charge in [-0.1, -0.05) is 30.7 Å². The second-order valence-corrected chi connectivity index (χ2v) is 5.16. The van der Waals surface area contributed by atoms with Crippen molar-refractivity contribution in [2.75, 3.05) is 6.54 Å². The fraction of sp³-hybridized carbons (Fsp3) is 0.250. The molecular formula is C16H15ClF3N. The van der Waals surface area contributed by atoms with Crippen molar-refractivity contribution in [3.63, 3.8) is 0 Å². The molecule has 0 radical (unpaired) electrons. The number of hydrogen-bond donors (Lipinski definition) is 1. The van der Waals surface area contributed by atoms with Crippen molar-refractivity contribution in [2.24, 2.45) is 0 Å². The van der Waals surface area contributed by atoms with Crippen molar-refractivity contribution in [2.45, 2.75) is 19.4 Å². The predicted octanol–water partition coefficient (Wildman–Crippen LogP) is 4.65. The monoisotopic (exact) mass is 313 g/mol. The molecule has 0 amide bonds. The Labute approximate surface area is 126 Å². The Balaban J connectivity index is 2.33. The molecule has 0 spiro atoms. The van der Waals surface area contributed by atoms with Crippen LogP contribution in [0.15, 0.2) is 36.4 Å². The van der Waals surface area contributed by atoms with Crippen LogP contribution in [0.1, 0.15) is 24.1 Å². The Kier molecular flexibility index (Phi) is 5.26. The zero-order chi connectivity index (χ0) is 15.4. The Morgan fingerprint density at radius 3 is 2.14 bits per heavy atom. The van der Waals surface area contributed by atoms with Crippen molar-refractivity contribution < 1.29 is 13.2 Å². The van der Waals surface area contributed by atoms with E-state index >= 15 is 0 Å². The van der Waals surface area contributed by atoms with Crippen molar-refractivity contribution in [3.8, 4) is 0 Å². The number of halogens is 4. The van der Waals surface area contributed by atoms with Crippen LogP contribution in [0.4, 0.5) is 13.2 Å². The van der Waals surface area contributed by atoms with E-state index in [9.17, 15) is 13.2 Å². The largest absolute Gasteiger partial charge is 0.310 e. The van der Waals surface area contributed by atoms with Gasteiger partial charge in [-0.25, -0.2) is 13.2 Å². The van der Waals surface area contributed by atoms with Gasteiger partial charge in [-0.2, -0.15) is 0 Å². The third-order valence-electron chi connectivity index (χ3n) is 3.20. The highest BCUT2D eigenvalue weighted by atomic mass is 35.5. The Hall–Kier alpha value is -1.52. The van der Waals surface area contributed by atoms with E-state index in [1.54, 1.807) is 24.3 Å². The van der Waals surface area contributed by atoms with Crippen LogP contribution in [-0.2, 0) is 6.42 Å². The van der Waals surface area contributed by atoms with Gasteiger partial charge >= 0.3 is 0 Å². The lowest BCUT2D eigenvalue weighted by Gasteiger charge is -2.20. The highest BCUT2D eigenvalue weighted by Crippen LogP contribution is 2.25. The van der Waals surface area contributed by atoms with Gasteiger partial charge in [0.05, 0.1) is 0 Å². The van der Waals surface area contributed by atoms with Crippen LogP contribution in [0.2, 0.25) is 5.02 Å². The number of nitrogens with one attached hydrogen (secondary N) is 1. The highest BCUT2D eigenvalue weighted by molar-refractivity contribution is 6.30. The zero-order valence-electron chi connectivity index (χ0n) is 11.5. The van der Waals surface area contributed by atoms with E-state index in [4.69, 9.17) is 11.6 Å². The normalized spacial score (nSPS) is 12.4. The summed E-state index contributed by atoms with van der Waals surface area (Å²) in [4.78, 5) is 0. The quantitative estimate of drug-likeness (QED) is 0.847. The molecule has 0 bridgehead atoms. The van der Waals surface area contributed by atoms with E-state index in [1.165, 1.54) is 0 Å². The molecule has 5 heteroatoms. The second kappa shape index (κ2) is 6.96. The van der Waals surface area contributed by atoms with Crippen LogP contribution >= 0.6 is 11.6 Å². The third-order valence-corrected chi connectivity index (χ3v) is 3.45. The Bertz CT molecular complexity index is 590. The SMILES string of the molecule is CCNC(Cc1ccc(Cl)cc1)c1c(F)cc(F)cc1F. The van der Waals surface area contributed by atoms with Gasteiger partial charge in [0.1, 0.15) is 17.5 Å². The number of likely N-dealkylation sites (N-methyl/N-ethyl adjacent to an activating group) is 1. The summed E-state index contributed by atoms with van der Waals surface area (Å²) in [5.74, 6) is -2.68. The van der Waals surface area contributed by atoms with E-state index in [-0.39, 0.29) is 5.56 Å². The molecule has 1 N–H and O–H groups in total. The predicted molar refractivity (Wildman–Crippen MR) is 77.9 cm³/mol. The molecule has 2 aromatic rings.